The zero-order valence-electron chi connectivity index (χ0n) is 14.0. The first-order valence-corrected chi connectivity index (χ1v) is 8.98. The molecule has 1 atom stereocenters. The second kappa shape index (κ2) is 7.51. The van der Waals surface area contributed by atoms with E-state index in [9.17, 15) is 9.59 Å². The van der Waals surface area contributed by atoms with Crippen LogP contribution in [-0.4, -0.2) is 29.8 Å². The van der Waals surface area contributed by atoms with Crippen LogP contribution in [-0.2, 0) is 9.59 Å². The highest BCUT2D eigenvalue weighted by Crippen LogP contribution is 2.33. The van der Waals surface area contributed by atoms with Gasteiger partial charge in [0.05, 0.1) is 26.7 Å². The number of benzene rings is 1. The molecule has 1 unspecified atom stereocenters. The number of piperidine rings is 1. The number of likely N-dealkylation sites (tertiary alicyclic amines) is 1. The Bertz CT molecular complexity index is 656. The van der Waals surface area contributed by atoms with Crippen molar-refractivity contribution in [2.45, 2.75) is 33.6 Å². The zero-order chi connectivity index (χ0) is 18.1. The molecule has 1 aromatic rings. The molecule has 24 heavy (non-hydrogen) atoms. The highest BCUT2D eigenvalue weighted by Gasteiger charge is 2.33. The standard InChI is InChI=1S/C17H21Cl3N2O2/c1-17(2,3)16(24)22-6-4-5-10(9-22)15(23)21-14-8-12(19)11(18)7-13(14)20/h7-8,10H,4-6,9H2,1-3H3,(H,21,23). The fourth-order valence-electron chi connectivity index (χ4n) is 2.70. The number of anilines is 1. The van der Waals surface area contributed by atoms with Crippen LogP contribution < -0.4 is 5.32 Å². The van der Waals surface area contributed by atoms with Gasteiger partial charge in [-0.2, -0.15) is 0 Å². The maximum atomic E-state index is 12.6. The first kappa shape index (κ1) is 19.4. The number of hydrogen-bond donors (Lipinski definition) is 1. The maximum Gasteiger partial charge on any atom is 0.229 e. The summed E-state index contributed by atoms with van der Waals surface area (Å²) in [4.78, 5) is 26.7. The van der Waals surface area contributed by atoms with Gasteiger partial charge >= 0.3 is 0 Å². The number of hydrogen-bond acceptors (Lipinski definition) is 2. The van der Waals surface area contributed by atoms with Crippen molar-refractivity contribution in [3.63, 3.8) is 0 Å². The average molecular weight is 392 g/mol. The lowest BCUT2D eigenvalue weighted by atomic mass is 9.91. The predicted molar refractivity (Wildman–Crippen MR) is 98.9 cm³/mol. The third-order valence-electron chi connectivity index (χ3n) is 3.99. The minimum absolute atomic E-state index is 0.0626. The molecular formula is C17H21Cl3N2O2. The molecule has 2 rings (SSSR count). The van der Waals surface area contributed by atoms with E-state index in [1.165, 1.54) is 12.1 Å². The number of nitrogens with one attached hydrogen (secondary N) is 1. The largest absolute Gasteiger partial charge is 0.341 e. The van der Waals surface area contributed by atoms with Crippen molar-refractivity contribution in [2.24, 2.45) is 11.3 Å². The van der Waals surface area contributed by atoms with Gasteiger partial charge < -0.3 is 10.2 Å². The Kier molecular flexibility index (Phi) is 6.05. The molecule has 4 nitrogen and oxygen atoms in total. The minimum Gasteiger partial charge on any atom is -0.341 e. The number of halogens is 3. The van der Waals surface area contributed by atoms with Crippen LogP contribution in [0.5, 0.6) is 0 Å². The second-order valence-electron chi connectivity index (χ2n) is 7.08. The summed E-state index contributed by atoms with van der Waals surface area (Å²) in [5.41, 5.74) is -0.0268. The van der Waals surface area contributed by atoms with Crippen LogP contribution in [0.3, 0.4) is 0 Å². The molecule has 0 radical (unpaired) electrons. The van der Waals surface area contributed by atoms with Crippen LogP contribution in [0.25, 0.3) is 0 Å². The topological polar surface area (TPSA) is 49.4 Å². The van der Waals surface area contributed by atoms with E-state index >= 15 is 0 Å². The highest BCUT2D eigenvalue weighted by atomic mass is 35.5. The van der Waals surface area contributed by atoms with Crippen molar-refractivity contribution >= 4 is 52.3 Å². The Hall–Kier alpha value is -0.970. The van der Waals surface area contributed by atoms with Crippen molar-refractivity contribution in [3.05, 3.63) is 27.2 Å². The Balaban J connectivity index is 2.07. The molecule has 0 aromatic heterocycles. The third-order valence-corrected chi connectivity index (χ3v) is 5.02. The molecule has 1 N–H and O–H groups in total. The van der Waals surface area contributed by atoms with Crippen molar-refractivity contribution in [2.75, 3.05) is 18.4 Å². The molecule has 7 heteroatoms. The number of carbonyl (C=O) groups is 2. The number of nitrogens with zero attached hydrogens (tertiary/aromatic N) is 1. The van der Waals surface area contributed by atoms with Gasteiger partial charge in [-0.3, -0.25) is 9.59 Å². The zero-order valence-corrected chi connectivity index (χ0v) is 16.2. The Morgan fingerprint density at radius 2 is 1.75 bits per heavy atom. The Morgan fingerprint density at radius 1 is 1.12 bits per heavy atom. The maximum absolute atomic E-state index is 12.6. The number of carbonyl (C=O) groups excluding carboxylic acids is 2. The summed E-state index contributed by atoms with van der Waals surface area (Å²) in [6, 6.07) is 3.03. The molecule has 2 amide bonds. The molecule has 1 saturated heterocycles. The molecule has 1 aliphatic heterocycles. The smallest absolute Gasteiger partial charge is 0.229 e. The summed E-state index contributed by atoms with van der Waals surface area (Å²) in [6.45, 7) is 6.76. The van der Waals surface area contributed by atoms with E-state index in [1.54, 1.807) is 4.90 Å². The summed E-state index contributed by atoms with van der Waals surface area (Å²) in [5.74, 6) is -0.371. The molecular weight excluding hydrogens is 371 g/mol. The van der Waals surface area contributed by atoms with Crippen LogP contribution in [0.1, 0.15) is 33.6 Å². The molecule has 132 valence electrons. The van der Waals surface area contributed by atoms with E-state index in [4.69, 9.17) is 34.8 Å². The minimum atomic E-state index is -0.453. The van der Waals surface area contributed by atoms with E-state index in [-0.39, 0.29) is 17.7 Å². The van der Waals surface area contributed by atoms with Gasteiger partial charge in [-0.15, -0.1) is 0 Å². The van der Waals surface area contributed by atoms with E-state index in [0.717, 1.165) is 12.8 Å². The molecule has 0 saturated carbocycles. The van der Waals surface area contributed by atoms with E-state index in [0.29, 0.717) is 33.8 Å². The van der Waals surface area contributed by atoms with E-state index < -0.39 is 5.41 Å². The highest BCUT2D eigenvalue weighted by molar-refractivity contribution is 6.44. The lowest BCUT2D eigenvalue weighted by molar-refractivity contribution is -0.142. The number of rotatable bonds is 2. The average Bonchev–Trinajstić information content (AvgIpc) is 2.51. The molecule has 0 spiro atoms. The summed E-state index contributed by atoms with van der Waals surface area (Å²) in [7, 11) is 0. The van der Waals surface area contributed by atoms with Crippen LogP contribution >= 0.6 is 34.8 Å². The summed E-state index contributed by atoms with van der Waals surface area (Å²) < 4.78 is 0. The normalized spacial score (nSPS) is 18.4. The number of amides is 2. The summed E-state index contributed by atoms with van der Waals surface area (Å²) in [5, 5.41) is 3.78. The van der Waals surface area contributed by atoms with E-state index in [2.05, 4.69) is 5.32 Å². The monoisotopic (exact) mass is 390 g/mol. The fraction of sp³-hybridized carbons (Fsp3) is 0.529. The van der Waals surface area contributed by atoms with Gasteiger partial charge in [0.1, 0.15) is 0 Å². The van der Waals surface area contributed by atoms with Crippen molar-refractivity contribution in [1.82, 2.24) is 4.90 Å². The van der Waals surface area contributed by atoms with Gasteiger partial charge in [-0.1, -0.05) is 55.6 Å². The van der Waals surface area contributed by atoms with Gasteiger partial charge in [0, 0.05) is 18.5 Å². The van der Waals surface area contributed by atoms with Gasteiger partial charge in [0.2, 0.25) is 11.8 Å². The summed E-state index contributed by atoms with van der Waals surface area (Å²) in [6.07, 6.45) is 1.54. The van der Waals surface area contributed by atoms with Gasteiger partial charge in [-0.05, 0) is 25.0 Å². The molecule has 1 aliphatic rings. The molecule has 1 fully saturated rings. The third kappa shape index (κ3) is 4.56. The molecule has 0 aliphatic carbocycles. The Morgan fingerprint density at radius 3 is 2.38 bits per heavy atom. The van der Waals surface area contributed by atoms with Gasteiger partial charge in [0.25, 0.3) is 0 Å². The second-order valence-corrected chi connectivity index (χ2v) is 8.30. The predicted octanol–water partition coefficient (Wildman–Crippen LogP) is 4.87. The summed E-state index contributed by atoms with van der Waals surface area (Å²) >= 11 is 18.0. The van der Waals surface area contributed by atoms with Gasteiger partial charge in [-0.25, -0.2) is 0 Å². The van der Waals surface area contributed by atoms with Gasteiger partial charge in [0.15, 0.2) is 0 Å². The lowest BCUT2D eigenvalue weighted by Gasteiger charge is -2.35. The fourth-order valence-corrected chi connectivity index (χ4v) is 3.30. The van der Waals surface area contributed by atoms with Crippen LogP contribution in [0.2, 0.25) is 15.1 Å². The quantitative estimate of drug-likeness (QED) is 0.731. The van der Waals surface area contributed by atoms with E-state index in [1.807, 2.05) is 20.8 Å². The van der Waals surface area contributed by atoms with Crippen LogP contribution in [0.15, 0.2) is 12.1 Å². The molecule has 1 aromatic carbocycles. The van der Waals surface area contributed by atoms with Crippen molar-refractivity contribution in [3.8, 4) is 0 Å². The first-order chi connectivity index (χ1) is 11.1. The Labute approximate surface area is 157 Å². The van der Waals surface area contributed by atoms with Crippen LogP contribution in [0.4, 0.5) is 5.69 Å². The van der Waals surface area contributed by atoms with Crippen molar-refractivity contribution < 1.29 is 9.59 Å². The van der Waals surface area contributed by atoms with Crippen molar-refractivity contribution in [1.29, 1.82) is 0 Å². The lowest BCUT2D eigenvalue weighted by Crippen LogP contribution is -2.47. The first-order valence-electron chi connectivity index (χ1n) is 7.84. The molecule has 1 heterocycles. The van der Waals surface area contributed by atoms with Crippen LogP contribution in [0, 0.1) is 11.3 Å². The molecule has 0 bridgehead atoms. The SMILES string of the molecule is CC(C)(C)C(=O)N1CCCC(C(=O)Nc2cc(Cl)c(Cl)cc2Cl)C1.